The molecule has 0 spiro atoms. The lowest BCUT2D eigenvalue weighted by Gasteiger charge is -2.18. The van der Waals surface area contributed by atoms with Crippen LogP contribution in [-0.4, -0.2) is 19.1 Å². The van der Waals surface area contributed by atoms with E-state index in [1.807, 2.05) is 24.3 Å². The smallest absolute Gasteiger partial charge is 0.335 e. The van der Waals surface area contributed by atoms with Crippen LogP contribution in [0.2, 0.25) is 5.02 Å². The minimum Gasteiger partial charge on any atom is -0.463 e. The van der Waals surface area contributed by atoms with E-state index in [0.717, 1.165) is 11.3 Å². The first-order chi connectivity index (χ1) is 7.72. The Morgan fingerprint density at radius 2 is 2.38 bits per heavy atom. The average Bonchev–Trinajstić information content (AvgIpc) is 2.29. The number of hydrogen-bond donors (Lipinski definition) is 1. The molecule has 0 aliphatic carbocycles. The molecule has 16 heavy (non-hydrogen) atoms. The van der Waals surface area contributed by atoms with E-state index in [9.17, 15) is 4.79 Å². The molecule has 3 nitrogen and oxygen atoms in total. The fraction of sp³-hybridized carbons (Fsp3) is 0.250. The van der Waals surface area contributed by atoms with Gasteiger partial charge in [0.2, 0.25) is 0 Å². The Bertz CT molecular complexity index is 454. The summed E-state index contributed by atoms with van der Waals surface area (Å²) in [5, 5.41) is 3.78. The minimum atomic E-state index is -0.277. The molecule has 0 aromatic heterocycles. The quantitative estimate of drug-likeness (QED) is 0.804. The van der Waals surface area contributed by atoms with Crippen molar-refractivity contribution in [2.75, 3.05) is 18.5 Å². The summed E-state index contributed by atoms with van der Waals surface area (Å²) in [5.41, 5.74) is 2.41. The molecular formula is C12H12ClNO2. The van der Waals surface area contributed by atoms with Crippen molar-refractivity contribution in [1.29, 1.82) is 0 Å². The number of fused-ring (bicyclic) bond motifs is 1. The maximum atomic E-state index is 11.5. The van der Waals surface area contributed by atoms with Crippen LogP contribution < -0.4 is 5.32 Å². The number of halogens is 1. The van der Waals surface area contributed by atoms with Gasteiger partial charge in [-0.3, -0.25) is 0 Å². The highest BCUT2D eigenvalue weighted by Gasteiger charge is 2.17. The third-order valence-electron chi connectivity index (χ3n) is 2.37. The van der Waals surface area contributed by atoms with Crippen molar-refractivity contribution in [3.63, 3.8) is 0 Å². The third kappa shape index (κ3) is 2.04. The topological polar surface area (TPSA) is 38.3 Å². The van der Waals surface area contributed by atoms with Crippen LogP contribution in [0.3, 0.4) is 0 Å². The zero-order chi connectivity index (χ0) is 11.5. The largest absolute Gasteiger partial charge is 0.463 e. The molecule has 2 rings (SSSR count). The van der Waals surface area contributed by atoms with Gasteiger partial charge in [-0.1, -0.05) is 23.7 Å². The number of carbonyl (C=O) groups is 1. The zero-order valence-corrected chi connectivity index (χ0v) is 9.67. The third-order valence-corrected chi connectivity index (χ3v) is 2.68. The highest BCUT2D eigenvalue weighted by atomic mass is 35.5. The second-order valence-electron chi connectivity index (χ2n) is 3.45. The van der Waals surface area contributed by atoms with Crippen LogP contribution in [0.1, 0.15) is 12.5 Å². The summed E-state index contributed by atoms with van der Waals surface area (Å²) in [7, 11) is 0. The molecule has 1 aliphatic rings. The van der Waals surface area contributed by atoms with Gasteiger partial charge in [-0.25, -0.2) is 4.79 Å². The Labute approximate surface area is 99.1 Å². The molecule has 0 saturated carbocycles. The van der Waals surface area contributed by atoms with Gasteiger partial charge in [0.15, 0.2) is 0 Å². The van der Waals surface area contributed by atoms with Gasteiger partial charge >= 0.3 is 5.97 Å². The van der Waals surface area contributed by atoms with E-state index in [0.29, 0.717) is 23.7 Å². The standard InChI is InChI=1S/C12H12ClNO2/c1-2-16-12(15)9-6-8-4-3-5-10(13)11(8)14-7-9/h3-6,14H,2,7H2,1H3. The Hall–Kier alpha value is -1.48. The highest BCUT2D eigenvalue weighted by Crippen LogP contribution is 2.30. The molecule has 4 heteroatoms. The normalized spacial score (nSPS) is 13.5. The van der Waals surface area contributed by atoms with Gasteiger partial charge in [0.1, 0.15) is 0 Å². The van der Waals surface area contributed by atoms with E-state index in [1.165, 1.54) is 0 Å². The Morgan fingerprint density at radius 3 is 3.12 bits per heavy atom. The van der Waals surface area contributed by atoms with Crippen LogP contribution in [0.4, 0.5) is 5.69 Å². The van der Waals surface area contributed by atoms with Crippen LogP contribution in [0.25, 0.3) is 6.08 Å². The lowest BCUT2D eigenvalue weighted by molar-refractivity contribution is -0.138. The second-order valence-corrected chi connectivity index (χ2v) is 3.85. The molecule has 0 bridgehead atoms. The van der Waals surface area contributed by atoms with Gasteiger partial charge in [0, 0.05) is 6.54 Å². The van der Waals surface area contributed by atoms with Crippen LogP contribution in [-0.2, 0) is 9.53 Å². The summed E-state index contributed by atoms with van der Waals surface area (Å²) in [4.78, 5) is 11.5. The van der Waals surface area contributed by atoms with E-state index in [1.54, 1.807) is 6.92 Å². The summed E-state index contributed by atoms with van der Waals surface area (Å²) in [6.45, 7) is 2.63. The van der Waals surface area contributed by atoms with E-state index < -0.39 is 0 Å². The fourth-order valence-electron chi connectivity index (χ4n) is 1.62. The zero-order valence-electron chi connectivity index (χ0n) is 8.92. The number of carbonyl (C=O) groups excluding carboxylic acids is 1. The molecule has 0 unspecified atom stereocenters. The van der Waals surface area contributed by atoms with Gasteiger partial charge < -0.3 is 10.1 Å². The van der Waals surface area contributed by atoms with Gasteiger partial charge in [-0.2, -0.15) is 0 Å². The van der Waals surface area contributed by atoms with E-state index >= 15 is 0 Å². The fourth-order valence-corrected chi connectivity index (χ4v) is 1.87. The van der Waals surface area contributed by atoms with E-state index in [4.69, 9.17) is 16.3 Å². The monoisotopic (exact) mass is 237 g/mol. The molecule has 0 fully saturated rings. The molecule has 0 radical (unpaired) electrons. The van der Waals surface area contributed by atoms with Gasteiger partial charge in [-0.05, 0) is 24.6 Å². The summed E-state index contributed by atoms with van der Waals surface area (Å²) in [6.07, 6.45) is 1.82. The minimum absolute atomic E-state index is 0.277. The number of para-hydroxylation sites is 1. The summed E-state index contributed by atoms with van der Waals surface area (Å²) < 4.78 is 4.95. The van der Waals surface area contributed by atoms with Crippen LogP contribution in [0.5, 0.6) is 0 Å². The predicted octanol–water partition coefficient (Wildman–Crippen LogP) is 2.71. The molecule has 84 valence electrons. The Balaban J connectivity index is 2.31. The molecule has 1 N–H and O–H groups in total. The summed E-state index contributed by atoms with van der Waals surface area (Å²) in [5.74, 6) is -0.277. The van der Waals surface area contributed by atoms with Crippen LogP contribution in [0.15, 0.2) is 23.8 Å². The molecule has 1 aliphatic heterocycles. The maximum Gasteiger partial charge on any atom is 0.335 e. The van der Waals surface area contributed by atoms with E-state index in [-0.39, 0.29) is 5.97 Å². The van der Waals surface area contributed by atoms with Crippen molar-refractivity contribution in [2.45, 2.75) is 6.92 Å². The van der Waals surface area contributed by atoms with Crippen molar-refractivity contribution in [1.82, 2.24) is 0 Å². The first-order valence-electron chi connectivity index (χ1n) is 5.12. The number of ether oxygens (including phenoxy) is 1. The number of rotatable bonds is 2. The van der Waals surface area contributed by atoms with Crippen molar-refractivity contribution in [3.8, 4) is 0 Å². The Morgan fingerprint density at radius 1 is 1.56 bits per heavy atom. The van der Waals surface area contributed by atoms with E-state index in [2.05, 4.69) is 5.32 Å². The number of esters is 1. The number of nitrogens with one attached hydrogen (secondary N) is 1. The highest BCUT2D eigenvalue weighted by molar-refractivity contribution is 6.33. The first-order valence-corrected chi connectivity index (χ1v) is 5.50. The lowest BCUT2D eigenvalue weighted by Crippen LogP contribution is -2.19. The Kier molecular flexibility index (Phi) is 3.15. The molecule has 1 aromatic carbocycles. The van der Waals surface area contributed by atoms with Crippen molar-refractivity contribution in [2.24, 2.45) is 0 Å². The molecule has 1 heterocycles. The van der Waals surface area contributed by atoms with Gasteiger partial charge in [-0.15, -0.1) is 0 Å². The van der Waals surface area contributed by atoms with Crippen LogP contribution in [0, 0.1) is 0 Å². The number of anilines is 1. The van der Waals surface area contributed by atoms with Gasteiger partial charge in [0.05, 0.1) is 22.9 Å². The molecule has 1 aromatic rings. The van der Waals surface area contributed by atoms with Gasteiger partial charge in [0.25, 0.3) is 0 Å². The molecule has 0 amide bonds. The van der Waals surface area contributed by atoms with Crippen molar-refractivity contribution in [3.05, 3.63) is 34.4 Å². The van der Waals surface area contributed by atoms with Crippen molar-refractivity contribution < 1.29 is 9.53 Å². The second kappa shape index (κ2) is 4.58. The summed E-state index contributed by atoms with van der Waals surface area (Å²) in [6, 6.07) is 5.58. The van der Waals surface area contributed by atoms with Crippen molar-refractivity contribution >= 4 is 29.3 Å². The average molecular weight is 238 g/mol. The lowest BCUT2D eigenvalue weighted by atomic mass is 10.0. The molecular weight excluding hydrogens is 226 g/mol. The SMILES string of the molecule is CCOC(=O)C1=Cc2cccc(Cl)c2NC1. The summed E-state index contributed by atoms with van der Waals surface area (Å²) >= 11 is 6.02. The molecule has 0 atom stereocenters. The predicted molar refractivity (Wildman–Crippen MR) is 64.6 cm³/mol. The first kappa shape index (κ1) is 11.0. The van der Waals surface area contributed by atoms with Crippen LogP contribution >= 0.6 is 11.6 Å². The molecule has 0 saturated heterocycles. The number of benzene rings is 1. The number of hydrogen-bond acceptors (Lipinski definition) is 3. The maximum absolute atomic E-state index is 11.5.